The number of hydrogen-bond donors (Lipinski definition) is 2. The molecule has 0 atom stereocenters. The highest BCUT2D eigenvalue weighted by molar-refractivity contribution is 5.97. The van der Waals surface area contributed by atoms with Crippen molar-refractivity contribution in [2.45, 2.75) is 57.0 Å². The number of benzene rings is 1. The number of anilines is 1. The summed E-state index contributed by atoms with van der Waals surface area (Å²) in [5.41, 5.74) is 6.34. The zero-order valence-corrected chi connectivity index (χ0v) is 12.8. The highest BCUT2D eigenvalue weighted by atomic mass is 16.2. The van der Waals surface area contributed by atoms with E-state index in [-0.39, 0.29) is 5.91 Å². The van der Waals surface area contributed by atoms with Crippen molar-refractivity contribution in [1.29, 1.82) is 0 Å². The molecule has 2 aliphatic rings. The quantitative estimate of drug-likeness (QED) is 0.896. The maximum Gasteiger partial charge on any atom is 0.316 e. The number of rotatable bonds is 4. The van der Waals surface area contributed by atoms with Crippen LogP contribution in [-0.2, 0) is 0 Å². The van der Waals surface area contributed by atoms with Gasteiger partial charge in [-0.25, -0.2) is 4.79 Å². The molecule has 0 saturated heterocycles. The minimum Gasteiger partial charge on any atom is -0.351 e. The van der Waals surface area contributed by atoms with Crippen LogP contribution in [-0.4, -0.2) is 28.9 Å². The molecule has 2 aliphatic carbocycles. The van der Waals surface area contributed by atoms with Crippen molar-refractivity contribution in [3.8, 4) is 0 Å². The molecule has 1 aromatic carbocycles. The lowest BCUT2D eigenvalue weighted by Gasteiger charge is -2.34. The van der Waals surface area contributed by atoms with Gasteiger partial charge in [-0.2, -0.15) is 0 Å². The number of primary amides is 1. The number of carbonyl (C=O) groups excluding carboxylic acids is 2. The Morgan fingerprint density at radius 2 is 1.73 bits per heavy atom. The van der Waals surface area contributed by atoms with Crippen molar-refractivity contribution in [3.05, 3.63) is 29.8 Å². The molecule has 3 rings (SSSR count). The lowest BCUT2D eigenvalue weighted by Crippen LogP contribution is -2.43. The second-order valence-corrected chi connectivity index (χ2v) is 6.31. The molecule has 1 aromatic rings. The van der Waals surface area contributed by atoms with E-state index >= 15 is 0 Å². The summed E-state index contributed by atoms with van der Waals surface area (Å²) in [6.45, 7) is 0. The standard InChI is InChI=1S/C17H23N3O2/c18-17(22)19-13-6-4-5-12(11-13)16(21)20(15-9-10-15)14-7-2-1-3-8-14/h4-6,11,14-15H,1-3,7-10H2,(H3,18,19,22). The summed E-state index contributed by atoms with van der Waals surface area (Å²) in [6, 6.07) is 7.22. The van der Waals surface area contributed by atoms with Crippen LogP contribution in [0.15, 0.2) is 24.3 Å². The van der Waals surface area contributed by atoms with E-state index in [1.54, 1.807) is 18.2 Å². The predicted molar refractivity (Wildman–Crippen MR) is 85.7 cm³/mol. The molecule has 22 heavy (non-hydrogen) atoms. The third-order valence-corrected chi connectivity index (χ3v) is 4.52. The fourth-order valence-electron chi connectivity index (χ4n) is 3.36. The van der Waals surface area contributed by atoms with Gasteiger partial charge >= 0.3 is 6.03 Å². The van der Waals surface area contributed by atoms with Crippen molar-refractivity contribution in [3.63, 3.8) is 0 Å². The van der Waals surface area contributed by atoms with Crippen molar-refractivity contribution in [1.82, 2.24) is 4.90 Å². The summed E-state index contributed by atoms with van der Waals surface area (Å²) in [5.74, 6) is 0.0857. The van der Waals surface area contributed by atoms with Crippen molar-refractivity contribution >= 4 is 17.6 Å². The van der Waals surface area contributed by atoms with Crippen molar-refractivity contribution < 1.29 is 9.59 Å². The Hall–Kier alpha value is -2.04. The first-order valence-corrected chi connectivity index (χ1v) is 8.14. The van der Waals surface area contributed by atoms with Gasteiger partial charge in [0.25, 0.3) is 5.91 Å². The second-order valence-electron chi connectivity index (χ2n) is 6.31. The second kappa shape index (κ2) is 6.38. The van der Waals surface area contributed by atoms with E-state index in [9.17, 15) is 9.59 Å². The smallest absolute Gasteiger partial charge is 0.316 e. The lowest BCUT2D eigenvalue weighted by atomic mass is 9.93. The average molecular weight is 301 g/mol. The molecule has 0 aromatic heterocycles. The van der Waals surface area contributed by atoms with E-state index in [0.29, 0.717) is 23.3 Å². The zero-order chi connectivity index (χ0) is 15.5. The van der Waals surface area contributed by atoms with Crippen LogP contribution in [0, 0.1) is 0 Å². The number of nitrogens with one attached hydrogen (secondary N) is 1. The van der Waals surface area contributed by atoms with E-state index < -0.39 is 6.03 Å². The van der Waals surface area contributed by atoms with Gasteiger partial charge in [-0.15, -0.1) is 0 Å². The number of nitrogens with zero attached hydrogens (tertiary/aromatic N) is 1. The minimum absolute atomic E-state index is 0.0857. The van der Waals surface area contributed by atoms with E-state index in [1.807, 2.05) is 6.07 Å². The van der Waals surface area contributed by atoms with E-state index in [2.05, 4.69) is 10.2 Å². The molecule has 5 nitrogen and oxygen atoms in total. The van der Waals surface area contributed by atoms with Crippen LogP contribution < -0.4 is 11.1 Å². The molecule has 2 saturated carbocycles. The summed E-state index contributed by atoms with van der Waals surface area (Å²) in [6.07, 6.45) is 8.15. The number of hydrogen-bond acceptors (Lipinski definition) is 2. The van der Waals surface area contributed by atoms with Gasteiger partial charge in [-0.3, -0.25) is 4.79 Å². The first-order valence-electron chi connectivity index (χ1n) is 8.14. The van der Waals surface area contributed by atoms with Gasteiger partial charge in [-0.1, -0.05) is 25.3 Å². The van der Waals surface area contributed by atoms with E-state index in [4.69, 9.17) is 5.73 Å². The lowest BCUT2D eigenvalue weighted by molar-refractivity contribution is 0.0614. The van der Waals surface area contributed by atoms with Crippen molar-refractivity contribution in [2.75, 3.05) is 5.32 Å². The fourth-order valence-corrected chi connectivity index (χ4v) is 3.36. The Morgan fingerprint density at radius 1 is 1.05 bits per heavy atom. The maximum atomic E-state index is 12.9. The summed E-state index contributed by atoms with van der Waals surface area (Å²) < 4.78 is 0. The third kappa shape index (κ3) is 3.40. The first-order chi connectivity index (χ1) is 10.6. The average Bonchev–Trinajstić information content (AvgIpc) is 3.33. The van der Waals surface area contributed by atoms with Gasteiger partial charge in [0.05, 0.1) is 0 Å². The zero-order valence-electron chi connectivity index (χ0n) is 12.8. The molecule has 118 valence electrons. The van der Waals surface area contributed by atoms with Gasteiger partial charge in [0.15, 0.2) is 0 Å². The Balaban J connectivity index is 1.79. The number of amides is 3. The minimum atomic E-state index is -0.615. The Labute approximate surface area is 130 Å². The summed E-state index contributed by atoms with van der Waals surface area (Å²) in [5, 5.41) is 2.53. The molecule has 2 fully saturated rings. The fraction of sp³-hybridized carbons (Fsp3) is 0.529. The Morgan fingerprint density at radius 3 is 2.36 bits per heavy atom. The van der Waals surface area contributed by atoms with Crippen LogP contribution in [0.3, 0.4) is 0 Å². The molecular formula is C17H23N3O2. The van der Waals surface area contributed by atoms with Crippen molar-refractivity contribution in [2.24, 2.45) is 5.73 Å². The van der Waals surface area contributed by atoms with Gasteiger partial charge in [0.1, 0.15) is 0 Å². The highest BCUT2D eigenvalue weighted by Crippen LogP contribution is 2.35. The van der Waals surface area contributed by atoms with Crippen LogP contribution in [0.1, 0.15) is 55.3 Å². The first kappa shape index (κ1) is 14.9. The van der Waals surface area contributed by atoms with Crippen LogP contribution in [0.25, 0.3) is 0 Å². The number of urea groups is 1. The normalized spacial score (nSPS) is 18.7. The van der Waals surface area contributed by atoms with Gasteiger partial charge in [-0.05, 0) is 43.9 Å². The molecule has 3 amide bonds. The predicted octanol–water partition coefficient (Wildman–Crippen LogP) is 3.11. The molecule has 5 heteroatoms. The largest absolute Gasteiger partial charge is 0.351 e. The number of nitrogens with two attached hydrogens (primary N) is 1. The van der Waals surface area contributed by atoms with Gasteiger partial charge in [0.2, 0.25) is 0 Å². The topological polar surface area (TPSA) is 75.4 Å². The Kier molecular flexibility index (Phi) is 4.32. The number of carbonyl (C=O) groups is 2. The van der Waals surface area contributed by atoms with Gasteiger partial charge in [0, 0.05) is 23.3 Å². The van der Waals surface area contributed by atoms with E-state index in [1.165, 1.54) is 19.3 Å². The summed E-state index contributed by atoms with van der Waals surface area (Å²) >= 11 is 0. The molecule has 0 bridgehead atoms. The monoisotopic (exact) mass is 301 g/mol. The molecule has 0 heterocycles. The molecule has 0 spiro atoms. The molecular weight excluding hydrogens is 278 g/mol. The summed E-state index contributed by atoms with van der Waals surface area (Å²) in [7, 11) is 0. The maximum absolute atomic E-state index is 12.9. The molecule has 0 radical (unpaired) electrons. The van der Waals surface area contributed by atoms with Gasteiger partial charge < -0.3 is 16.0 Å². The molecule has 0 aliphatic heterocycles. The Bertz CT molecular complexity index is 563. The van der Waals surface area contributed by atoms with Crippen LogP contribution in [0.4, 0.5) is 10.5 Å². The SMILES string of the molecule is NC(=O)Nc1cccc(C(=O)N(C2CCCCC2)C2CC2)c1. The van der Waals surface area contributed by atoms with Crippen LogP contribution >= 0.6 is 0 Å². The van der Waals surface area contributed by atoms with Crippen LogP contribution in [0.2, 0.25) is 0 Å². The summed E-state index contributed by atoms with van der Waals surface area (Å²) in [4.78, 5) is 26.0. The molecule has 3 N–H and O–H groups in total. The highest BCUT2D eigenvalue weighted by Gasteiger charge is 2.38. The molecule has 0 unspecified atom stereocenters. The van der Waals surface area contributed by atoms with E-state index in [0.717, 1.165) is 25.7 Å². The van der Waals surface area contributed by atoms with Crippen LogP contribution in [0.5, 0.6) is 0 Å². The third-order valence-electron chi connectivity index (χ3n) is 4.52.